The third-order valence-electron chi connectivity index (χ3n) is 6.23. The molecule has 3 N–H and O–H groups in total. The minimum Gasteiger partial charge on any atom is -0.488 e. The van der Waals surface area contributed by atoms with Gasteiger partial charge in [0.25, 0.3) is 0 Å². The molecule has 5 heterocycles. The molecule has 0 aromatic carbocycles. The van der Waals surface area contributed by atoms with Crippen LogP contribution in [0.5, 0.6) is 5.75 Å². The van der Waals surface area contributed by atoms with E-state index in [1.54, 1.807) is 12.3 Å². The molecule has 0 radical (unpaired) electrons. The van der Waals surface area contributed by atoms with Crippen LogP contribution >= 0.6 is 11.6 Å². The van der Waals surface area contributed by atoms with E-state index in [9.17, 15) is 13.9 Å². The molecule has 3 aromatic rings. The van der Waals surface area contributed by atoms with Crippen LogP contribution in [0.15, 0.2) is 40.8 Å². The maximum Gasteiger partial charge on any atom is 0.150 e. The molecule has 2 fully saturated rings. The summed E-state index contributed by atoms with van der Waals surface area (Å²) in [7, 11) is 0. The van der Waals surface area contributed by atoms with Crippen LogP contribution in [0.4, 0.5) is 8.78 Å². The summed E-state index contributed by atoms with van der Waals surface area (Å²) in [6.45, 7) is 4.67. The summed E-state index contributed by atoms with van der Waals surface area (Å²) in [6, 6.07) is 2.90. The van der Waals surface area contributed by atoms with E-state index in [-0.39, 0.29) is 24.1 Å². The lowest BCUT2D eigenvalue weighted by Gasteiger charge is -2.46. The molecule has 1 unspecified atom stereocenters. The van der Waals surface area contributed by atoms with Crippen molar-refractivity contribution < 1.29 is 23.4 Å². The number of nitrogens with zero attached hydrogens (tertiary/aromatic N) is 6. The van der Waals surface area contributed by atoms with Crippen molar-refractivity contribution in [1.29, 1.82) is 0 Å². The number of halogens is 3. The highest BCUT2D eigenvalue weighted by Gasteiger charge is 2.36. The van der Waals surface area contributed by atoms with Crippen molar-refractivity contribution in [3.63, 3.8) is 0 Å². The predicted molar refractivity (Wildman–Crippen MR) is 129 cm³/mol. The van der Waals surface area contributed by atoms with Crippen LogP contribution in [0.2, 0.25) is 5.02 Å². The molecule has 0 spiro atoms. The fourth-order valence-electron chi connectivity index (χ4n) is 4.22. The molecule has 0 amide bonds. The largest absolute Gasteiger partial charge is 0.488 e. The van der Waals surface area contributed by atoms with Crippen LogP contribution in [-0.4, -0.2) is 81.0 Å². The monoisotopic (exact) mass is 519 g/mol. The number of aliphatic imine (C=N–C) groups is 1. The topological polar surface area (TPSA) is 123 Å². The van der Waals surface area contributed by atoms with Crippen molar-refractivity contribution in [3.05, 3.63) is 58.6 Å². The molecule has 2 aliphatic heterocycles. The van der Waals surface area contributed by atoms with Crippen molar-refractivity contribution >= 4 is 28.5 Å². The van der Waals surface area contributed by atoms with E-state index < -0.39 is 17.7 Å². The normalized spacial score (nSPS) is 18.8. The molecule has 5 rings (SSSR count). The molecular weight excluding hydrogens is 496 g/mol. The summed E-state index contributed by atoms with van der Waals surface area (Å²) in [5.74, 6) is 4.17. The van der Waals surface area contributed by atoms with Crippen LogP contribution in [0.3, 0.4) is 0 Å². The number of nitrogens with two attached hydrogens (primary N) is 1. The quantitative estimate of drug-likeness (QED) is 0.265. The average molecular weight is 520 g/mol. The maximum atomic E-state index is 14.0. The van der Waals surface area contributed by atoms with Crippen LogP contribution in [0, 0.1) is 11.6 Å². The first kappa shape index (κ1) is 24.5. The van der Waals surface area contributed by atoms with Gasteiger partial charge in [-0.25, -0.2) is 13.3 Å². The summed E-state index contributed by atoms with van der Waals surface area (Å²) >= 11 is 6.30. The standard InChI is InChI=1S/C23H24ClF2N7O3/c1-12(30-15-7-32(8-15)16-9-35-10-16)21(31-27)13-2-20(23-17(24)5-29-33(23)6-13)36-11-19(34)22-18(26)3-14(25)4-28-22/h2-6,15-16,19,34H,7-11,27H2,1H3. The van der Waals surface area contributed by atoms with Crippen molar-refractivity contribution in [2.75, 3.05) is 32.9 Å². The van der Waals surface area contributed by atoms with Crippen LogP contribution in [0.25, 0.3) is 5.52 Å². The summed E-state index contributed by atoms with van der Waals surface area (Å²) < 4.78 is 39.7. The molecule has 1 atom stereocenters. The lowest BCUT2D eigenvalue weighted by molar-refractivity contribution is -0.0891. The second kappa shape index (κ2) is 10.1. The molecule has 190 valence electrons. The number of hydrazone groups is 1. The molecule has 13 heteroatoms. The van der Waals surface area contributed by atoms with E-state index in [1.807, 2.05) is 6.92 Å². The van der Waals surface area contributed by atoms with E-state index in [0.29, 0.717) is 39.6 Å². The molecule has 2 aliphatic rings. The lowest BCUT2D eigenvalue weighted by atomic mass is 10.0. The van der Waals surface area contributed by atoms with E-state index in [4.69, 9.17) is 31.9 Å². The second-order valence-corrected chi connectivity index (χ2v) is 9.12. The number of aliphatic hydroxyl groups excluding tert-OH is 1. The van der Waals surface area contributed by atoms with Crippen LogP contribution < -0.4 is 10.6 Å². The highest BCUT2D eigenvalue weighted by atomic mass is 35.5. The summed E-state index contributed by atoms with van der Waals surface area (Å²) in [4.78, 5) is 10.7. The first-order valence-electron chi connectivity index (χ1n) is 11.3. The number of aromatic nitrogens is 3. The Labute approximate surface area is 210 Å². The maximum absolute atomic E-state index is 14.0. The Kier molecular flexibility index (Phi) is 6.84. The van der Waals surface area contributed by atoms with E-state index >= 15 is 0 Å². The SMILES string of the molecule is CC(=NC1CN(C2COC2)C1)C(=NN)c1cc(OCC(O)c2ncc(F)cc2F)c2c(Cl)cnn2c1. The average Bonchev–Trinajstić information content (AvgIpc) is 3.16. The Morgan fingerprint density at radius 2 is 2.11 bits per heavy atom. The Bertz CT molecular complexity index is 1340. The summed E-state index contributed by atoms with van der Waals surface area (Å²) in [5.41, 5.74) is 1.74. The number of likely N-dealkylation sites (tertiary alicyclic amines) is 1. The van der Waals surface area contributed by atoms with Gasteiger partial charge < -0.3 is 20.4 Å². The minimum atomic E-state index is -1.45. The number of rotatable bonds is 8. The minimum absolute atomic E-state index is 0.134. The lowest BCUT2D eigenvalue weighted by Crippen LogP contribution is -2.61. The zero-order chi connectivity index (χ0) is 25.4. The van der Waals surface area contributed by atoms with Gasteiger partial charge in [-0.2, -0.15) is 10.2 Å². The second-order valence-electron chi connectivity index (χ2n) is 8.72. The van der Waals surface area contributed by atoms with E-state index in [1.165, 1.54) is 10.7 Å². The van der Waals surface area contributed by atoms with Crippen molar-refractivity contribution in [2.45, 2.75) is 25.1 Å². The number of hydrogen-bond acceptors (Lipinski definition) is 9. The zero-order valence-electron chi connectivity index (χ0n) is 19.3. The highest BCUT2D eigenvalue weighted by molar-refractivity contribution is 6.47. The molecule has 3 aromatic heterocycles. The van der Waals surface area contributed by atoms with Gasteiger partial charge in [0.2, 0.25) is 0 Å². The first-order valence-corrected chi connectivity index (χ1v) is 11.6. The fraction of sp³-hybridized carbons (Fsp3) is 0.391. The van der Waals surface area contributed by atoms with Gasteiger partial charge in [0.1, 0.15) is 47.0 Å². The van der Waals surface area contributed by atoms with Crippen molar-refractivity contribution in [3.8, 4) is 5.75 Å². The number of fused-ring (bicyclic) bond motifs is 1. The molecule has 0 saturated carbocycles. The summed E-state index contributed by atoms with van der Waals surface area (Å²) in [5, 5.41) is 18.9. The van der Waals surface area contributed by atoms with Gasteiger partial charge in [0.05, 0.1) is 48.4 Å². The smallest absolute Gasteiger partial charge is 0.150 e. The van der Waals surface area contributed by atoms with Gasteiger partial charge in [-0.15, -0.1) is 0 Å². The Morgan fingerprint density at radius 3 is 2.78 bits per heavy atom. The molecule has 0 aliphatic carbocycles. The van der Waals surface area contributed by atoms with E-state index in [2.05, 4.69) is 20.1 Å². The highest BCUT2D eigenvalue weighted by Crippen LogP contribution is 2.30. The molecule has 36 heavy (non-hydrogen) atoms. The number of ether oxygens (including phenoxy) is 2. The molecule has 2 saturated heterocycles. The molecular formula is C23H24ClF2N7O3. The number of hydrogen-bond donors (Lipinski definition) is 2. The van der Waals surface area contributed by atoms with Gasteiger partial charge in [-0.05, 0) is 13.0 Å². The van der Waals surface area contributed by atoms with Gasteiger partial charge >= 0.3 is 0 Å². The van der Waals surface area contributed by atoms with Crippen LogP contribution in [0.1, 0.15) is 24.3 Å². The Hall–Kier alpha value is -3.19. The number of pyridine rings is 2. The van der Waals surface area contributed by atoms with E-state index in [0.717, 1.165) is 32.5 Å². The van der Waals surface area contributed by atoms with Gasteiger partial charge in [-0.3, -0.25) is 14.9 Å². The van der Waals surface area contributed by atoms with Crippen LogP contribution in [-0.2, 0) is 4.74 Å². The summed E-state index contributed by atoms with van der Waals surface area (Å²) in [6.07, 6.45) is 2.50. The Balaban J connectivity index is 1.37. The molecule has 10 nitrogen and oxygen atoms in total. The van der Waals surface area contributed by atoms with Gasteiger partial charge in [-0.1, -0.05) is 11.6 Å². The van der Waals surface area contributed by atoms with Crippen molar-refractivity contribution in [1.82, 2.24) is 19.5 Å². The molecule has 0 bridgehead atoms. The predicted octanol–water partition coefficient (Wildman–Crippen LogP) is 1.98. The third-order valence-corrected chi connectivity index (χ3v) is 6.51. The van der Waals surface area contributed by atoms with Gasteiger partial charge in [0, 0.05) is 30.9 Å². The fourth-order valence-corrected chi connectivity index (χ4v) is 4.44. The first-order chi connectivity index (χ1) is 17.3. The zero-order valence-corrected chi connectivity index (χ0v) is 20.1. The van der Waals surface area contributed by atoms with Gasteiger partial charge in [0.15, 0.2) is 0 Å². The van der Waals surface area contributed by atoms with Crippen molar-refractivity contribution in [2.24, 2.45) is 15.9 Å². The third kappa shape index (κ3) is 4.76. The Morgan fingerprint density at radius 1 is 1.33 bits per heavy atom. The number of aliphatic hydroxyl groups is 1.